The minimum Gasteiger partial charge on any atom is -0.484 e. The molecule has 0 unspecified atom stereocenters. The quantitative estimate of drug-likeness (QED) is 0.708. The van der Waals surface area contributed by atoms with Crippen LogP contribution in [0.15, 0.2) is 42.5 Å². The summed E-state index contributed by atoms with van der Waals surface area (Å²) in [6.07, 6.45) is 1.03. The van der Waals surface area contributed by atoms with Crippen LogP contribution in [0, 0.1) is 6.92 Å². The standard InChI is InChI=1S/C22H29NO2/c1-6-16(4)20-9-7-8-10-21(20)23-22(24)14-25-18-11-12-19(15(2)3)17(5)13-18/h7-13,15-16H,6,14H2,1-5H3,(H,23,24)/t16-/m0/s1. The van der Waals surface area contributed by atoms with E-state index >= 15 is 0 Å². The first-order chi connectivity index (χ1) is 11.9. The second kappa shape index (κ2) is 8.70. The average Bonchev–Trinajstić information content (AvgIpc) is 2.59. The normalized spacial score (nSPS) is 12.1. The van der Waals surface area contributed by atoms with Crippen molar-refractivity contribution in [3.05, 3.63) is 59.2 Å². The Balaban J connectivity index is 1.99. The lowest BCUT2D eigenvalue weighted by atomic mass is 9.97. The molecule has 0 fully saturated rings. The van der Waals surface area contributed by atoms with Crippen LogP contribution in [-0.2, 0) is 4.79 Å². The summed E-state index contributed by atoms with van der Waals surface area (Å²) in [6.45, 7) is 10.7. The smallest absolute Gasteiger partial charge is 0.262 e. The van der Waals surface area contributed by atoms with E-state index in [0.717, 1.165) is 23.4 Å². The van der Waals surface area contributed by atoms with Gasteiger partial charge in [-0.1, -0.05) is 52.0 Å². The van der Waals surface area contributed by atoms with E-state index in [-0.39, 0.29) is 12.5 Å². The minimum atomic E-state index is -0.138. The first-order valence-electron chi connectivity index (χ1n) is 9.04. The number of hydrogen-bond acceptors (Lipinski definition) is 2. The van der Waals surface area contributed by atoms with Crippen molar-refractivity contribution in [2.45, 2.75) is 52.9 Å². The summed E-state index contributed by atoms with van der Waals surface area (Å²) in [5.74, 6) is 1.48. The van der Waals surface area contributed by atoms with Gasteiger partial charge in [-0.2, -0.15) is 0 Å². The van der Waals surface area contributed by atoms with Crippen LogP contribution in [0.1, 0.15) is 62.6 Å². The third kappa shape index (κ3) is 5.09. The SMILES string of the molecule is CC[C@H](C)c1ccccc1NC(=O)COc1ccc(C(C)C)c(C)c1. The molecular weight excluding hydrogens is 310 g/mol. The highest BCUT2D eigenvalue weighted by molar-refractivity contribution is 5.92. The molecule has 3 heteroatoms. The van der Waals surface area contributed by atoms with Gasteiger partial charge in [0.2, 0.25) is 0 Å². The molecule has 0 aliphatic carbocycles. The van der Waals surface area contributed by atoms with Crippen LogP contribution in [0.3, 0.4) is 0 Å². The van der Waals surface area contributed by atoms with Gasteiger partial charge in [0.1, 0.15) is 5.75 Å². The number of amides is 1. The Kier molecular flexibility index (Phi) is 6.63. The summed E-state index contributed by atoms with van der Waals surface area (Å²) >= 11 is 0. The number of benzene rings is 2. The predicted molar refractivity (Wildman–Crippen MR) is 105 cm³/mol. The van der Waals surface area contributed by atoms with Gasteiger partial charge >= 0.3 is 0 Å². The molecule has 25 heavy (non-hydrogen) atoms. The molecule has 0 saturated carbocycles. The molecule has 0 spiro atoms. The molecule has 0 bridgehead atoms. The molecule has 0 aromatic heterocycles. The molecule has 2 rings (SSSR count). The van der Waals surface area contributed by atoms with Crippen LogP contribution in [-0.4, -0.2) is 12.5 Å². The highest BCUT2D eigenvalue weighted by Gasteiger charge is 2.12. The fourth-order valence-electron chi connectivity index (χ4n) is 2.98. The molecule has 0 aliphatic rings. The first-order valence-corrected chi connectivity index (χ1v) is 9.04. The van der Waals surface area contributed by atoms with Crippen molar-refractivity contribution in [1.29, 1.82) is 0 Å². The number of carbonyl (C=O) groups excluding carboxylic acids is 1. The maximum Gasteiger partial charge on any atom is 0.262 e. The number of hydrogen-bond donors (Lipinski definition) is 1. The van der Waals surface area contributed by atoms with Gasteiger partial charge in [0.15, 0.2) is 6.61 Å². The summed E-state index contributed by atoms with van der Waals surface area (Å²) in [7, 11) is 0. The van der Waals surface area contributed by atoms with E-state index in [4.69, 9.17) is 4.74 Å². The molecule has 1 atom stereocenters. The number of para-hydroxylation sites is 1. The molecule has 2 aromatic carbocycles. The molecule has 0 heterocycles. The number of ether oxygens (including phenoxy) is 1. The molecule has 0 aliphatic heterocycles. The van der Waals surface area contributed by atoms with Gasteiger partial charge in [0.25, 0.3) is 5.91 Å². The molecule has 1 N–H and O–H groups in total. The molecule has 1 amide bonds. The van der Waals surface area contributed by atoms with Crippen LogP contribution in [0.2, 0.25) is 0 Å². The lowest BCUT2D eigenvalue weighted by Crippen LogP contribution is -2.21. The molecular formula is C22H29NO2. The van der Waals surface area contributed by atoms with Gasteiger partial charge in [-0.25, -0.2) is 0 Å². The van der Waals surface area contributed by atoms with Crippen molar-refractivity contribution in [3.63, 3.8) is 0 Å². The summed E-state index contributed by atoms with van der Waals surface area (Å²) in [5, 5.41) is 2.98. The molecule has 0 radical (unpaired) electrons. The van der Waals surface area contributed by atoms with Gasteiger partial charge < -0.3 is 10.1 Å². The Hall–Kier alpha value is -2.29. The molecule has 2 aromatic rings. The highest BCUT2D eigenvalue weighted by atomic mass is 16.5. The van der Waals surface area contributed by atoms with E-state index in [1.807, 2.05) is 30.3 Å². The second-order valence-electron chi connectivity index (χ2n) is 6.91. The van der Waals surface area contributed by atoms with E-state index in [0.29, 0.717) is 11.8 Å². The summed E-state index contributed by atoms with van der Waals surface area (Å²) < 4.78 is 5.67. The highest BCUT2D eigenvalue weighted by Crippen LogP contribution is 2.27. The van der Waals surface area contributed by atoms with E-state index in [2.05, 4.69) is 52.1 Å². The Bertz CT molecular complexity index is 722. The van der Waals surface area contributed by atoms with Gasteiger partial charge in [-0.15, -0.1) is 0 Å². The second-order valence-corrected chi connectivity index (χ2v) is 6.91. The van der Waals surface area contributed by atoms with Gasteiger partial charge in [0, 0.05) is 5.69 Å². The van der Waals surface area contributed by atoms with Crippen molar-refractivity contribution in [3.8, 4) is 5.75 Å². The van der Waals surface area contributed by atoms with E-state index in [1.54, 1.807) is 0 Å². The van der Waals surface area contributed by atoms with Crippen molar-refractivity contribution >= 4 is 11.6 Å². The lowest BCUT2D eigenvalue weighted by Gasteiger charge is -2.16. The zero-order valence-electron chi connectivity index (χ0n) is 15.9. The summed E-state index contributed by atoms with van der Waals surface area (Å²) in [5.41, 5.74) is 4.53. The van der Waals surface area contributed by atoms with Gasteiger partial charge in [-0.05, 0) is 60.1 Å². The van der Waals surface area contributed by atoms with Gasteiger partial charge in [0.05, 0.1) is 0 Å². The first kappa shape index (κ1) is 19.0. The monoisotopic (exact) mass is 339 g/mol. The average molecular weight is 339 g/mol. The van der Waals surface area contributed by atoms with Crippen LogP contribution >= 0.6 is 0 Å². The molecule has 3 nitrogen and oxygen atoms in total. The lowest BCUT2D eigenvalue weighted by molar-refractivity contribution is -0.118. The number of aryl methyl sites for hydroxylation is 1. The Morgan fingerprint density at radius 3 is 2.44 bits per heavy atom. The number of anilines is 1. The van der Waals surface area contributed by atoms with Crippen molar-refractivity contribution in [2.24, 2.45) is 0 Å². The number of carbonyl (C=O) groups is 1. The predicted octanol–water partition coefficient (Wildman–Crippen LogP) is 5.65. The summed E-state index contributed by atoms with van der Waals surface area (Å²) in [6, 6.07) is 14.0. The van der Waals surface area contributed by atoms with Crippen LogP contribution in [0.25, 0.3) is 0 Å². The Morgan fingerprint density at radius 1 is 1.08 bits per heavy atom. The minimum absolute atomic E-state index is 0.00923. The zero-order chi connectivity index (χ0) is 18.4. The number of rotatable bonds is 7. The van der Waals surface area contributed by atoms with Crippen molar-refractivity contribution < 1.29 is 9.53 Å². The van der Waals surface area contributed by atoms with Gasteiger partial charge in [-0.3, -0.25) is 4.79 Å². The Morgan fingerprint density at radius 2 is 1.80 bits per heavy atom. The third-order valence-electron chi connectivity index (χ3n) is 4.61. The van der Waals surface area contributed by atoms with E-state index in [9.17, 15) is 4.79 Å². The maximum absolute atomic E-state index is 12.3. The molecule has 0 saturated heterocycles. The topological polar surface area (TPSA) is 38.3 Å². The van der Waals surface area contributed by atoms with E-state index < -0.39 is 0 Å². The largest absolute Gasteiger partial charge is 0.484 e. The number of nitrogens with one attached hydrogen (secondary N) is 1. The fourth-order valence-corrected chi connectivity index (χ4v) is 2.98. The fraction of sp³-hybridized carbons (Fsp3) is 0.409. The van der Waals surface area contributed by atoms with Crippen LogP contribution in [0.4, 0.5) is 5.69 Å². The molecule has 134 valence electrons. The van der Waals surface area contributed by atoms with Crippen LogP contribution < -0.4 is 10.1 Å². The van der Waals surface area contributed by atoms with Crippen molar-refractivity contribution in [2.75, 3.05) is 11.9 Å². The van der Waals surface area contributed by atoms with Crippen molar-refractivity contribution in [1.82, 2.24) is 0 Å². The zero-order valence-corrected chi connectivity index (χ0v) is 15.9. The maximum atomic E-state index is 12.3. The van der Waals surface area contributed by atoms with E-state index in [1.165, 1.54) is 11.1 Å². The third-order valence-corrected chi connectivity index (χ3v) is 4.61. The van der Waals surface area contributed by atoms with Crippen LogP contribution in [0.5, 0.6) is 5.75 Å². The summed E-state index contributed by atoms with van der Waals surface area (Å²) in [4.78, 5) is 12.3. The Labute approximate surface area is 151 Å².